The van der Waals surface area contributed by atoms with Crippen LogP contribution in [-0.4, -0.2) is 13.6 Å². The van der Waals surface area contributed by atoms with Gasteiger partial charge >= 0.3 is 0 Å². The number of rotatable bonds is 6. The molecule has 0 rings (SSSR count). The molecule has 0 aliphatic rings. The van der Waals surface area contributed by atoms with Crippen molar-refractivity contribution in [2.24, 2.45) is 0 Å². The summed E-state index contributed by atoms with van der Waals surface area (Å²) < 4.78 is 0. The van der Waals surface area contributed by atoms with Crippen LogP contribution in [0.1, 0.15) is 26.7 Å². The van der Waals surface area contributed by atoms with Crippen molar-refractivity contribution in [3.8, 4) is 0 Å². The van der Waals surface area contributed by atoms with E-state index in [1.807, 2.05) is 13.1 Å². The highest BCUT2D eigenvalue weighted by Crippen LogP contribution is 1.95. The van der Waals surface area contributed by atoms with Crippen LogP contribution in [0.2, 0.25) is 0 Å². The summed E-state index contributed by atoms with van der Waals surface area (Å²) in [4.78, 5) is 0. The second-order valence-electron chi connectivity index (χ2n) is 2.98. The number of unbranched alkanes of at least 4 members (excludes halogenated alkanes) is 1. The average molecular weight is 168 g/mol. The normalized spacial score (nSPS) is 8.92. The van der Waals surface area contributed by atoms with E-state index in [1.54, 1.807) is 0 Å². The van der Waals surface area contributed by atoms with Crippen LogP contribution in [0.15, 0.2) is 24.0 Å². The number of allylic oxidation sites excluding steroid dienone is 2. The predicted molar refractivity (Wildman–Crippen MR) is 54.9 cm³/mol. The van der Waals surface area contributed by atoms with E-state index in [0.29, 0.717) is 0 Å². The fraction of sp³-hybridized carbons (Fsp3) is 0.600. The van der Waals surface area contributed by atoms with E-state index in [0.717, 1.165) is 25.2 Å². The Kier molecular flexibility index (Phi) is 6.25. The van der Waals surface area contributed by atoms with Gasteiger partial charge in [0.25, 0.3) is 0 Å². The second kappa shape index (κ2) is 6.77. The minimum atomic E-state index is 1.01. The molecule has 0 aliphatic carbocycles. The van der Waals surface area contributed by atoms with E-state index in [9.17, 15) is 0 Å². The smallest absolute Gasteiger partial charge is 0.0969 e. The Morgan fingerprint density at radius 1 is 1.42 bits per heavy atom. The van der Waals surface area contributed by atoms with Crippen molar-refractivity contribution in [3.05, 3.63) is 24.0 Å². The van der Waals surface area contributed by atoms with Crippen molar-refractivity contribution < 1.29 is 0 Å². The van der Waals surface area contributed by atoms with Crippen molar-refractivity contribution >= 4 is 0 Å². The fourth-order valence-electron chi connectivity index (χ4n) is 0.975. The molecule has 0 aliphatic heterocycles. The molecule has 0 spiro atoms. The van der Waals surface area contributed by atoms with Crippen LogP contribution in [0.5, 0.6) is 0 Å². The first-order valence-electron chi connectivity index (χ1n) is 4.42. The highest BCUT2D eigenvalue weighted by Gasteiger charge is 1.93. The standard InChI is InChI=1S/C10H20N2/c1-5-6-7-8-12-10(11-4)9(2)3/h5,11-12H,1,6-8H2,2-4H3. The third-order valence-electron chi connectivity index (χ3n) is 1.64. The van der Waals surface area contributed by atoms with Crippen LogP contribution >= 0.6 is 0 Å². The van der Waals surface area contributed by atoms with Crippen molar-refractivity contribution in [1.82, 2.24) is 10.6 Å². The third kappa shape index (κ3) is 4.83. The zero-order valence-corrected chi connectivity index (χ0v) is 8.41. The Balaban J connectivity index is 3.60. The fourth-order valence-corrected chi connectivity index (χ4v) is 0.975. The largest absolute Gasteiger partial charge is 0.375 e. The van der Waals surface area contributed by atoms with Crippen LogP contribution in [0.3, 0.4) is 0 Å². The van der Waals surface area contributed by atoms with E-state index in [1.165, 1.54) is 5.57 Å². The summed E-state index contributed by atoms with van der Waals surface area (Å²) in [7, 11) is 1.93. The maximum Gasteiger partial charge on any atom is 0.0969 e. The molecule has 0 aromatic heterocycles. The van der Waals surface area contributed by atoms with Crippen LogP contribution in [0.25, 0.3) is 0 Å². The van der Waals surface area contributed by atoms with Crippen molar-refractivity contribution in [2.75, 3.05) is 13.6 Å². The van der Waals surface area contributed by atoms with Gasteiger partial charge in [-0.3, -0.25) is 0 Å². The molecule has 0 atom stereocenters. The van der Waals surface area contributed by atoms with Gasteiger partial charge in [0.2, 0.25) is 0 Å². The molecule has 0 heterocycles. The molecule has 0 saturated carbocycles. The summed E-state index contributed by atoms with van der Waals surface area (Å²) in [5.41, 5.74) is 1.29. The van der Waals surface area contributed by atoms with Crippen molar-refractivity contribution in [3.63, 3.8) is 0 Å². The molecular formula is C10H20N2. The van der Waals surface area contributed by atoms with Gasteiger partial charge in [-0.2, -0.15) is 0 Å². The maximum absolute atomic E-state index is 3.68. The van der Waals surface area contributed by atoms with Crippen LogP contribution < -0.4 is 10.6 Å². The lowest BCUT2D eigenvalue weighted by Gasteiger charge is -2.11. The Hall–Kier alpha value is -0.920. The van der Waals surface area contributed by atoms with Crippen LogP contribution in [0, 0.1) is 0 Å². The number of hydrogen-bond acceptors (Lipinski definition) is 2. The van der Waals surface area contributed by atoms with E-state index in [-0.39, 0.29) is 0 Å². The van der Waals surface area contributed by atoms with E-state index in [4.69, 9.17) is 0 Å². The third-order valence-corrected chi connectivity index (χ3v) is 1.64. The molecular weight excluding hydrogens is 148 g/mol. The first kappa shape index (κ1) is 11.1. The monoisotopic (exact) mass is 168 g/mol. The van der Waals surface area contributed by atoms with Crippen LogP contribution in [0.4, 0.5) is 0 Å². The molecule has 2 nitrogen and oxygen atoms in total. The summed E-state index contributed by atoms with van der Waals surface area (Å²) in [6.07, 6.45) is 4.16. The highest BCUT2D eigenvalue weighted by atomic mass is 15.1. The lowest BCUT2D eigenvalue weighted by atomic mass is 10.3. The quantitative estimate of drug-likeness (QED) is 0.468. The minimum Gasteiger partial charge on any atom is -0.375 e. The molecule has 2 heteroatoms. The Morgan fingerprint density at radius 3 is 2.50 bits per heavy atom. The van der Waals surface area contributed by atoms with E-state index in [2.05, 4.69) is 31.1 Å². The Labute approximate surface area is 75.7 Å². The van der Waals surface area contributed by atoms with Crippen molar-refractivity contribution in [1.29, 1.82) is 0 Å². The summed E-state index contributed by atoms with van der Waals surface area (Å²) in [6, 6.07) is 0. The zero-order valence-electron chi connectivity index (χ0n) is 8.41. The second-order valence-corrected chi connectivity index (χ2v) is 2.98. The molecule has 0 aromatic carbocycles. The topological polar surface area (TPSA) is 24.1 Å². The minimum absolute atomic E-state index is 1.01. The predicted octanol–water partition coefficient (Wildman–Crippen LogP) is 2.01. The highest BCUT2D eigenvalue weighted by molar-refractivity contribution is 5.04. The molecule has 0 unspecified atom stereocenters. The van der Waals surface area contributed by atoms with Gasteiger partial charge in [-0.15, -0.1) is 6.58 Å². The zero-order chi connectivity index (χ0) is 9.40. The van der Waals surface area contributed by atoms with Crippen LogP contribution in [-0.2, 0) is 0 Å². The molecule has 0 amide bonds. The molecule has 0 saturated heterocycles. The van der Waals surface area contributed by atoms with Gasteiger partial charge in [-0.25, -0.2) is 0 Å². The lowest BCUT2D eigenvalue weighted by molar-refractivity contribution is 0.684. The first-order valence-corrected chi connectivity index (χ1v) is 4.42. The van der Waals surface area contributed by atoms with Gasteiger partial charge in [-0.1, -0.05) is 6.08 Å². The molecule has 0 radical (unpaired) electrons. The molecule has 12 heavy (non-hydrogen) atoms. The molecule has 70 valence electrons. The number of hydrogen-bond donors (Lipinski definition) is 2. The lowest BCUT2D eigenvalue weighted by Crippen LogP contribution is -2.25. The number of nitrogens with one attached hydrogen (secondary N) is 2. The van der Waals surface area contributed by atoms with Gasteiger partial charge < -0.3 is 10.6 Å². The summed E-state index contributed by atoms with van der Waals surface area (Å²) in [5.74, 6) is 1.14. The van der Waals surface area contributed by atoms with Gasteiger partial charge in [0.1, 0.15) is 0 Å². The molecule has 2 N–H and O–H groups in total. The molecule has 0 bridgehead atoms. The Bertz CT molecular complexity index is 155. The summed E-state index contributed by atoms with van der Waals surface area (Å²) in [6.45, 7) is 8.86. The van der Waals surface area contributed by atoms with Gasteiger partial charge in [0, 0.05) is 13.6 Å². The van der Waals surface area contributed by atoms with Gasteiger partial charge in [0.05, 0.1) is 5.82 Å². The summed E-state index contributed by atoms with van der Waals surface area (Å²) >= 11 is 0. The van der Waals surface area contributed by atoms with E-state index >= 15 is 0 Å². The molecule has 0 aromatic rings. The molecule has 0 fully saturated rings. The van der Waals surface area contributed by atoms with Crippen molar-refractivity contribution in [2.45, 2.75) is 26.7 Å². The van der Waals surface area contributed by atoms with E-state index < -0.39 is 0 Å². The summed E-state index contributed by atoms with van der Waals surface area (Å²) in [5, 5.41) is 6.45. The SMILES string of the molecule is C=CCCCNC(NC)=C(C)C. The first-order chi connectivity index (χ1) is 5.72. The van der Waals surface area contributed by atoms with Gasteiger partial charge in [-0.05, 0) is 32.3 Å². The van der Waals surface area contributed by atoms with Gasteiger partial charge in [0.15, 0.2) is 0 Å². The maximum atomic E-state index is 3.68. The average Bonchev–Trinajstić information content (AvgIpc) is 2.04. The Morgan fingerprint density at radius 2 is 2.08 bits per heavy atom.